The van der Waals surface area contributed by atoms with E-state index in [9.17, 15) is 13.2 Å². The topological polar surface area (TPSA) is 89.3 Å². The summed E-state index contributed by atoms with van der Waals surface area (Å²) in [6.45, 7) is 25.7. The number of rotatable bonds is 10. The normalized spacial score (nSPS) is 14.2. The lowest BCUT2D eigenvalue weighted by atomic mass is 9.95. The molecule has 0 amide bonds. The van der Waals surface area contributed by atoms with Gasteiger partial charge in [-0.05, 0) is 143 Å². The van der Waals surface area contributed by atoms with Gasteiger partial charge in [-0.1, -0.05) is 119 Å². The van der Waals surface area contributed by atoms with Crippen molar-refractivity contribution in [2.24, 2.45) is 0 Å². The van der Waals surface area contributed by atoms with Crippen LogP contribution in [0.4, 0.5) is 53.0 Å². The second kappa shape index (κ2) is 43.4. The number of aryl methyl sites for hydroxylation is 5. The van der Waals surface area contributed by atoms with E-state index in [0.717, 1.165) is 102 Å². The molecule has 1 saturated carbocycles. The van der Waals surface area contributed by atoms with Crippen LogP contribution in [0, 0.1) is 34.6 Å². The van der Waals surface area contributed by atoms with Crippen molar-refractivity contribution in [3.05, 3.63) is 226 Å². The Morgan fingerprint density at radius 1 is 0.531 bits per heavy atom. The number of pyridine rings is 1. The van der Waals surface area contributed by atoms with Gasteiger partial charge in [-0.2, -0.15) is 13.2 Å². The zero-order valence-electron chi connectivity index (χ0n) is 61.1. The summed E-state index contributed by atoms with van der Waals surface area (Å²) in [4.78, 5) is 15.1. The van der Waals surface area contributed by atoms with Crippen LogP contribution in [0.15, 0.2) is 193 Å². The van der Waals surface area contributed by atoms with Gasteiger partial charge in [0.25, 0.3) is 0 Å². The number of morpholine rings is 1. The van der Waals surface area contributed by atoms with Gasteiger partial charge < -0.3 is 59.5 Å². The molecule has 98 heavy (non-hydrogen) atoms. The van der Waals surface area contributed by atoms with Crippen LogP contribution in [0.2, 0.25) is 0 Å². The quantitative estimate of drug-likeness (QED) is 0.114. The molecule has 3 aliphatic heterocycles. The molecule has 17 heteroatoms. The fraction of sp³-hybridized carbons (Fsp3) is 0.420. The maximum absolute atomic E-state index is 12.5. The van der Waals surface area contributed by atoms with Crippen molar-refractivity contribution < 1.29 is 32.3 Å². The van der Waals surface area contributed by atoms with Crippen LogP contribution in [-0.4, -0.2) is 147 Å². The molecular weight excluding hydrogens is 1300 g/mol. The lowest BCUT2D eigenvalue weighted by molar-refractivity contribution is -0.725. The predicted octanol–water partition coefficient (Wildman–Crippen LogP) is 16.6. The molecule has 8 aromatic rings. The zero-order valence-corrected chi connectivity index (χ0v) is 62.6. The van der Waals surface area contributed by atoms with Crippen LogP contribution >= 0.6 is 15.9 Å². The van der Waals surface area contributed by atoms with Crippen LogP contribution in [0.5, 0.6) is 11.5 Å². The van der Waals surface area contributed by atoms with E-state index in [0.29, 0.717) is 18.0 Å². The maximum atomic E-state index is 12.5. The molecule has 4 fully saturated rings. The van der Waals surface area contributed by atoms with Gasteiger partial charge in [0.2, 0.25) is 0 Å². The van der Waals surface area contributed by atoms with Crippen molar-refractivity contribution in [1.82, 2.24) is 10.6 Å². The third kappa shape index (κ3) is 28.1. The number of nitrogens with zero attached hydrogens (tertiary/aromatic N) is 8. The second-order valence-corrected chi connectivity index (χ2v) is 26.3. The van der Waals surface area contributed by atoms with E-state index in [1.54, 1.807) is 37.3 Å². The Morgan fingerprint density at radius 3 is 1.48 bits per heavy atom. The number of ether oxygens (including phenoxy) is 2. The number of phenols is 1. The van der Waals surface area contributed by atoms with Gasteiger partial charge in [-0.15, -0.1) is 0 Å². The van der Waals surface area contributed by atoms with E-state index in [-0.39, 0.29) is 4.47 Å². The number of halogens is 4. The third-order valence-corrected chi connectivity index (χ3v) is 17.8. The Kier molecular flexibility index (Phi) is 35.8. The first-order valence-corrected chi connectivity index (χ1v) is 35.3. The molecule has 0 spiro atoms. The standard InChI is InChI=1S/C11H16N2O.C11H16N.C11H17N.C10H11BrF3N.C10H14N2.C10H13NO.C10H15N.C8H11NO/c1-14-11-5-3-2-4-10(11)13-8-6-12-7-9-13;1-3-7-11(8-4-1)12-9-5-2-6-10-12;1-8-6-9(2)11(12(4)5)10(3)7-8;1-3-15(2)7-4-5-9(11)8(6-7)10(12,13)14;1-2-4-10(5-3-1)12-8-6-11-7-9-12;1-2-4-10(5-3-1)11-6-8-12-9-7-11;1-8-6-5-7-9(2)10(8)11(3)4;1-9(2)7-4-3-5-8(10)6-7/h2-5,12H,6-9H2,1H3;2,5-6,9-11H,1,3-4,7-8H2;6-7H,1-5H3;4-6H,3H2,1-2H3;1-5,11H,6-9H2;1-5H,6-9H2;5-7H,1-4H3;3-6,10H,1-2H3/q;+1;;;;;;. The fourth-order valence-electron chi connectivity index (χ4n) is 12.2. The van der Waals surface area contributed by atoms with Crippen LogP contribution in [0.25, 0.3) is 0 Å². The van der Waals surface area contributed by atoms with Crippen molar-refractivity contribution in [2.75, 3.05) is 176 Å². The summed E-state index contributed by atoms with van der Waals surface area (Å²) in [5, 5.41) is 15.7. The molecule has 0 bridgehead atoms. The number of hydrogen-bond donors (Lipinski definition) is 3. The van der Waals surface area contributed by atoms with Crippen LogP contribution in [0.3, 0.4) is 0 Å². The van der Waals surface area contributed by atoms with Crippen LogP contribution in [0.1, 0.15) is 78.5 Å². The minimum absolute atomic E-state index is 0.0725. The van der Waals surface area contributed by atoms with Crippen molar-refractivity contribution >= 4 is 55.7 Å². The molecule has 12 rings (SSSR count). The van der Waals surface area contributed by atoms with Gasteiger partial charge in [-0.25, -0.2) is 4.57 Å². The highest BCUT2D eigenvalue weighted by Gasteiger charge is 2.33. The van der Waals surface area contributed by atoms with E-state index < -0.39 is 11.7 Å². The first-order chi connectivity index (χ1) is 47.0. The van der Waals surface area contributed by atoms with Gasteiger partial charge in [0.15, 0.2) is 18.4 Å². The molecule has 0 unspecified atom stereocenters. The average molecular weight is 1410 g/mol. The Labute approximate surface area is 594 Å². The van der Waals surface area contributed by atoms with Gasteiger partial charge in [0.05, 0.1) is 31.6 Å². The van der Waals surface area contributed by atoms with Gasteiger partial charge in [-0.3, -0.25) is 0 Å². The van der Waals surface area contributed by atoms with E-state index in [2.05, 4.69) is 246 Å². The largest absolute Gasteiger partial charge is 0.508 e. The van der Waals surface area contributed by atoms with E-state index >= 15 is 0 Å². The number of benzene rings is 7. The molecule has 3 saturated heterocycles. The Bertz CT molecular complexity index is 3300. The summed E-state index contributed by atoms with van der Waals surface area (Å²) < 4.78 is 50.7. The molecule has 4 heterocycles. The molecular formula is C81H113BrF3N10O3+. The van der Waals surface area contributed by atoms with Crippen LogP contribution in [-0.2, 0) is 10.9 Å². The van der Waals surface area contributed by atoms with Gasteiger partial charge in [0, 0.05) is 191 Å². The Balaban J connectivity index is 0.000000203. The summed E-state index contributed by atoms with van der Waals surface area (Å²) in [5.41, 5.74) is 14.2. The highest BCUT2D eigenvalue weighted by atomic mass is 79.9. The Morgan fingerprint density at radius 2 is 1.01 bits per heavy atom. The number of aromatic hydroxyl groups is 1. The lowest BCUT2D eigenvalue weighted by Gasteiger charge is -2.30. The molecule has 13 nitrogen and oxygen atoms in total. The molecule has 7 aromatic carbocycles. The summed E-state index contributed by atoms with van der Waals surface area (Å²) in [6, 6.07) is 58.6. The Hall–Kier alpha value is -7.96. The smallest absolute Gasteiger partial charge is 0.417 e. The number of hydrogen-bond acceptors (Lipinski definition) is 12. The van der Waals surface area contributed by atoms with Crippen LogP contribution < -0.4 is 54.2 Å². The minimum atomic E-state index is -4.32. The van der Waals surface area contributed by atoms with Gasteiger partial charge in [0.1, 0.15) is 11.5 Å². The molecule has 0 radical (unpaired) electrons. The average Bonchev–Trinajstić information content (AvgIpc) is 0.834. The number of alkyl halides is 3. The molecule has 0 atom stereocenters. The maximum Gasteiger partial charge on any atom is 0.417 e. The number of methoxy groups -OCH3 is 1. The number of piperazine rings is 2. The fourth-order valence-corrected chi connectivity index (χ4v) is 12.6. The molecule has 4 aliphatic rings. The summed E-state index contributed by atoms with van der Waals surface area (Å²) in [7, 11) is 15.7. The molecule has 1 aromatic heterocycles. The SMILES string of the molecule is CCN(C)c1ccc(Br)c(C(F)(F)F)c1.CN(C)c1cccc(O)c1.COc1ccccc1N1CCNCC1.Cc1cc(C)c(N(C)C)c(C)c1.Cc1cccc(C)c1N(C)C.c1cc[n+](C2CCCCC2)cc1.c1ccc(N2CCNCC2)cc1.c1ccc(N2CCOCC2)cc1. The number of aromatic nitrogens is 1. The minimum Gasteiger partial charge on any atom is -0.508 e. The number of nitrogens with one attached hydrogen (secondary N) is 2. The summed E-state index contributed by atoms with van der Waals surface area (Å²) in [6.07, 6.45) is 7.06. The van der Waals surface area contributed by atoms with E-state index in [1.807, 2.05) is 56.3 Å². The summed E-state index contributed by atoms with van der Waals surface area (Å²) >= 11 is 2.90. The van der Waals surface area contributed by atoms with Crippen molar-refractivity contribution in [1.29, 1.82) is 0 Å². The zero-order chi connectivity index (χ0) is 71.4. The molecule has 532 valence electrons. The van der Waals surface area contributed by atoms with Crippen molar-refractivity contribution in [3.8, 4) is 11.5 Å². The van der Waals surface area contributed by atoms with Gasteiger partial charge >= 0.3 is 6.18 Å². The first kappa shape index (κ1) is 80.7. The molecule has 1 aliphatic carbocycles. The van der Waals surface area contributed by atoms with Crippen molar-refractivity contribution in [3.63, 3.8) is 0 Å². The monoisotopic (exact) mass is 1410 g/mol. The van der Waals surface area contributed by atoms with E-state index in [4.69, 9.17) is 14.6 Å². The number of anilines is 7. The number of phenolic OH excluding ortho intramolecular Hbond substituents is 1. The first-order valence-electron chi connectivity index (χ1n) is 34.5. The second-order valence-electron chi connectivity index (χ2n) is 25.4. The summed E-state index contributed by atoms with van der Waals surface area (Å²) in [5.74, 6) is 1.28. The third-order valence-electron chi connectivity index (χ3n) is 17.1. The predicted molar refractivity (Wildman–Crippen MR) is 414 cm³/mol. The number of para-hydroxylation sites is 5. The lowest BCUT2D eigenvalue weighted by Crippen LogP contribution is -2.43. The molecule has 3 N–H and O–H groups in total. The van der Waals surface area contributed by atoms with E-state index in [1.165, 1.54) is 94.4 Å². The highest BCUT2D eigenvalue weighted by Crippen LogP contribution is 2.37. The van der Waals surface area contributed by atoms with Crippen molar-refractivity contribution in [2.45, 2.75) is 85.9 Å². The highest BCUT2D eigenvalue weighted by molar-refractivity contribution is 9.10.